The lowest BCUT2D eigenvalue weighted by molar-refractivity contribution is -0.110. The molecule has 2 unspecified atom stereocenters. The van der Waals surface area contributed by atoms with Crippen LogP contribution >= 0.6 is 0 Å². The fraction of sp³-hybridized carbons (Fsp3) is 0.875. The Hall–Kier alpha value is -0.570. The molecule has 1 rings (SSSR count). The second-order valence-electron chi connectivity index (χ2n) is 3.15. The number of rotatable bonds is 3. The van der Waals surface area contributed by atoms with E-state index in [0.29, 0.717) is 6.04 Å². The number of carbonyl (C=O) groups is 1. The summed E-state index contributed by atoms with van der Waals surface area (Å²) in [7, 11) is 0. The number of hydrogen-bond acceptors (Lipinski definition) is 2. The summed E-state index contributed by atoms with van der Waals surface area (Å²) >= 11 is 0. The first-order valence-electron chi connectivity index (χ1n) is 4.27. The molecule has 0 radical (unpaired) electrons. The van der Waals surface area contributed by atoms with Gasteiger partial charge in [0.1, 0.15) is 0 Å². The van der Waals surface area contributed by atoms with Gasteiger partial charge in [0.25, 0.3) is 0 Å². The van der Waals surface area contributed by atoms with E-state index in [0.717, 1.165) is 31.8 Å². The van der Waals surface area contributed by atoms with Gasteiger partial charge in [-0.1, -0.05) is 13.3 Å². The summed E-state index contributed by atoms with van der Waals surface area (Å²) in [5.74, 6) is 0.737. The Bertz CT molecular complexity index is 127. The van der Waals surface area contributed by atoms with Gasteiger partial charge in [-0.15, -0.1) is 0 Å². The fourth-order valence-electron chi connectivity index (χ4n) is 1.56. The minimum Gasteiger partial charge on any atom is -0.355 e. The number of amides is 1. The lowest BCUT2D eigenvalue weighted by atomic mass is 9.94. The summed E-state index contributed by atoms with van der Waals surface area (Å²) in [5, 5.41) is 6.10. The Labute approximate surface area is 67.5 Å². The smallest absolute Gasteiger partial charge is 0.207 e. The Balaban J connectivity index is 2.27. The van der Waals surface area contributed by atoms with Gasteiger partial charge in [0, 0.05) is 12.6 Å². The highest BCUT2D eigenvalue weighted by molar-refractivity contribution is 5.46. The molecule has 3 nitrogen and oxygen atoms in total. The monoisotopic (exact) mass is 156 g/mol. The van der Waals surface area contributed by atoms with Crippen LogP contribution in [0.2, 0.25) is 0 Å². The summed E-state index contributed by atoms with van der Waals surface area (Å²) in [6, 6.07) is 0.353. The van der Waals surface area contributed by atoms with Gasteiger partial charge in [0.15, 0.2) is 0 Å². The molecule has 11 heavy (non-hydrogen) atoms. The van der Waals surface area contributed by atoms with Crippen molar-refractivity contribution in [1.29, 1.82) is 0 Å². The fourth-order valence-corrected chi connectivity index (χ4v) is 1.56. The van der Waals surface area contributed by atoms with Crippen LogP contribution in [-0.4, -0.2) is 25.5 Å². The van der Waals surface area contributed by atoms with Crippen LogP contribution in [0.5, 0.6) is 0 Å². The lowest BCUT2D eigenvalue weighted by Gasteiger charge is -2.28. The van der Waals surface area contributed by atoms with Crippen LogP contribution in [0.3, 0.4) is 0 Å². The molecule has 0 aliphatic carbocycles. The lowest BCUT2D eigenvalue weighted by Crippen LogP contribution is -2.46. The molecule has 3 heteroatoms. The molecule has 1 aliphatic heterocycles. The quantitative estimate of drug-likeness (QED) is 0.570. The van der Waals surface area contributed by atoms with Crippen LogP contribution in [0, 0.1) is 5.92 Å². The zero-order valence-electron chi connectivity index (χ0n) is 6.97. The van der Waals surface area contributed by atoms with Gasteiger partial charge in [-0.3, -0.25) is 4.79 Å². The maximum atomic E-state index is 10.1. The van der Waals surface area contributed by atoms with Crippen molar-refractivity contribution in [3.05, 3.63) is 0 Å². The van der Waals surface area contributed by atoms with Crippen LogP contribution in [0.15, 0.2) is 0 Å². The van der Waals surface area contributed by atoms with Crippen molar-refractivity contribution in [3.8, 4) is 0 Å². The molecule has 64 valence electrons. The van der Waals surface area contributed by atoms with Gasteiger partial charge in [-0.25, -0.2) is 0 Å². The molecule has 0 saturated carbocycles. The SMILES string of the molecule is CCC1CNCC(NC=O)C1. The summed E-state index contributed by atoms with van der Waals surface area (Å²) < 4.78 is 0. The van der Waals surface area contributed by atoms with E-state index in [9.17, 15) is 4.79 Å². The van der Waals surface area contributed by atoms with E-state index in [-0.39, 0.29) is 0 Å². The van der Waals surface area contributed by atoms with Crippen LogP contribution < -0.4 is 10.6 Å². The molecule has 1 fully saturated rings. The number of nitrogens with one attached hydrogen (secondary N) is 2. The van der Waals surface area contributed by atoms with Crippen molar-refractivity contribution in [3.63, 3.8) is 0 Å². The van der Waals surface area contributed by atoms with Crippen molar-refractivity contribution in [2.75, 3.05) is 13.1 Å². The Kier molecular flexibility index (Phi) is 3.36. The van der Waals surface area contributed by atoms with E-state index >= 15 is 0 Å². The maximum Gasteiger partial charge on any atom is 0.207 e. The van der Waals surface area contributed by atoms with Crippen LogP contribution in [0.1, 0.15) is 19.8 Å². The molecule has 0 aromatic heterocycles. The maximum absolute atomic E-state index is 10.1. The Morgan fingerprint density at radius 2 is 2.45 bits per heavy atom. The predicted octanol–water partition coefficient (Wildman–Crippen LogP) is 0.120. The topological polar surface area (TPSA) is 41.1 Å². The number of piperidine rings is 1. The van der Waals surface area contributed by atoms with Gasteiger partial charge in [-0.05, 0) is 18.9 Å². The molecule has 1 saturated heterocycles. The highest BCUT2D eigenvalue weighted by Crippen LogP contribution is 2.13. The van der Waals surface area contributed by atoms with Crippen LogP contribution in [0.25, 0.3) is 0 Å². The summed E-state index contributed by atoms with van der Waals surface area (Å²) in [5.41, 5.74) is 0. The molecule has 2 atom stereocenters. The molecule has 0 aromatic rings. The first kappa shape index (κ1) is 8.53. The largest absolute Gasteiger partial charge is 0.355 e. The van der Waals surface area contributed by atoms with Gasteiger partial charge < -0.3 is 10.6 Å². The molecule has 0 spiro atoms. The molecule has 0 aromatic carbocycles. The standard InChI is InChI=1S/C8H16N2O/c1-2-7-3-8(10-6-11)5-9-4-7/h6-9H,2-5H2,1H3,(H,10,11). The highest BCUT2D eigenvalue weighted by atomic mass is 16.1. The second-order valence-corrected chi connectivity index (χ2v) is 3.15. The van der Waals surface area contributed by atoms with E-state index in [1.165, 1.54) is 6.42 Å². The first-order valence-corrected chi connectivity index (χ1v) is 4.27. The third-order valence-corrected chi connectivity index (χ3v) is 2.32. The summed E-state index contributed by atoms with van der Waals surface area (Å²) in [4.78, 5) is 10.1. The van der Waals surface area contributed by atoms with Crippen molar-refractivity contribution < 1.29 is 4.79 Å². The van der Waals surface area contributed by atoms with Crippen LogP contribution in [-0.2, 0) is 4.79 Å². The third-order valence-electron chi connectivity index (χ3n) is 2.32. The van der Waals surface area contributed by atoms with Gasteiger partial charge in [-0.2, -0.15) is 0 Å². The minimum atomic E-state index is 0.353. The average molecular weight is 156 g/mol. The van der Waals surface area contributed by atoms with E-state index in [1.54, 1.807) is 0 Å². The van der Waals surface area contributed by atoms with E-state index in [2.05, 4.69) is 17.6 Å². The van der Waals surface area contributed by atoms with Gasteiger partial charge >= 0.3 is 0 Å². The Morgan fingerprint density at radius 3 is 3.09 bits per heavy atom. The van der Waals surface area contributed by atoms with E-state index in [4.69, 9.17) is 0 Å². The molecule has 1 aliphatic rings. The molecular formula is C8H16N2O. The summed E-state index contributed by atoms with van der Waals surface area (Å²) in [6.45, 7) is 4.22. The number of carbonyl (C=O) groups excluding carboxylic acids is 1. The van der Waals surface area contributed by atoms with Crippen molar-refractivity contribution in [2.24, 2.45) is 5.92 Å². The number of hydrogen-bond donors (Lipinski definition) is 2. The van der Waals surface area contributed by atoms with Gasteiger partial charge in [0.05, 0.1) is 0 Å². The Morgan fingerprint density at radius 1 is 1.64 bits per heavy atom. The third kappa shape index (κ3) is 2.50. The van der Waals surface area contributed by atoms with Crippen LogP contribution in [0.4, 0.5) is 0 Å². The zero-order chi connectivity index (χ0) is 8.10. The average Bonchev–Trinajstić information content (AvgIpc) is 2.06. The molecule has 0 bridgehead atoms. The van der Waals surface area contributed by atoms with Crippen molar-refractivity contribution in [1.82, 2.24) is 10.6 Å². The molecule has 1 heterocycles. The minimum absolute atomic E-state index is 0.353. The highest BCUT2D eigenvalue weighted by Gasteiger charge is 2.18. The molecule has 2 N–H and O–H groups in total. The van der Waals surface area contributed by atoms with E-state index in [1.807, 2.05) is 0 Å². The van der Waals surface area contributed by atoms with E-state index < -0.39 is 0 Å². The normalized spacial score (nSPS) is 31.4. The summed E-state index contributed by atoms with van der Waals surface area (Å²) in [6.07, 6.45) is 3.12. The molecule has 1 amide bonds. The van der Waals surface area contributed by atoms with Gasteiger partial charge in [0.2, 0.25) is 6.41 Å². The second kappa shape index (κ2) is 4.34. The predicted molar refractivity (Wildman–Crippen MR) is 44.3 cm³/mol. The zero-order valence-corrected chi connectivity index (χ0v) is 6.97. The van der Waals surface area contributed by atoms with Crippen molar-refractivity contribution in [2.45, 2.75) is 25.8 Å². The van der Waals surface area contributed by atoms with Crippen molar-refractivity contribution >= 4 is 6.41 Å². The molecular weight excluding hydrogens is 140 g/mol. The first-order chi connectivity index (χ1) is 5.36.